The number of carbonyl (C=O) groups excluding carboxylic acids is 1. The van der Waals surface area contributed by atoms with E-state index in [-0.39, 0.29) is 5.91 Å². The van der Waals surface area contributed by atoms with Gasteiger partial charge in [0.05, 0.1) is 11.2 Å². The molecule has 2 aromatic carbocycles. The lowest BCUT2D eigenvalue weighted by molar-refractivity contribution is 0.102. The van der Waals surface area contributed by atoms with Crippen molar-refractivity contribution in [1.29, 1.82) is 0 Å². The Labute approximate surface area is 137 Å². The summed E-state index contributed by atoms with van der Waals surface area (Å²) in [5, 5.41) is 3.88. The summed E-state index contributed by atoms with van der Waals surface area (Å²) in [6, 6.07) is 16.7. The minimum absolute atomic E-state index is 0.202. The summed E-state index contributed by atoms with van der Waals surface area (Å²) >= 11 is 0. The third-order valence-electron chi connectivity index (χ3n) is 3.44. The molecule has 1 heterocycles. The molecule has 5 heteroatoms. The van der Waals surface area contributed by atoms with Crippen LogP contribution in [-0.2, 0) is 16.6 Å². The largest absolute Gasteiger partial charge is 0.320 e. The van der Waals surface area contributed by atoms with E-state index in [4.69, 9.17) is 0 Å². The highest BCUT2D eigenvalue weighted by Gasteiger charge is 2.10. The van der Waals surface area contributed by atoms with Crippen LogP contribution in [0.1, 0.15) is 15.9 Å². The second-order valence-corrected chi connectivity index (χ2v) is 6.69. The molecule has 1 atom stereocenters. The van der Waals surface area contributed by atoms with Crippen molar-refractivity contribution in [1.82, 2.24) is 4.98 Å². The Morgan fingerprint density at radius 3 is 2.74 bits per heavy atom. The minimum atomic E-state index is -0.936. The quantitative estimate of drug-likeness (QED) is 0.800. The van der Waals surface area contributed by atoms with Crippen molar-refractivity contribution >= 4 is 33.3 Å². The first kappa shape index (κ1) is 15.4. The molecule has 3 rings (SSSR count). The lowest BCUT2D eigenvalue weighted by atomic mass is 10.1. The smallest absolute Gasteiger partial charge is 0.255 e. The summed E-state index contributed by atoms with van der Waals surface area (Å²) in [4.78, 5) is 16.8. The Balaban J connectivity index is 1.88. The zero-order valence-corrected chi connectivity index (χ0v) is 13.5. The standard InChI is InChI=1S/C18H16N2O2S/c1-23(22)12-13-5-2-7-15(11-13)18(21)20-16-9-3-6-14-8-4-10-19-17(14)16/h2-11H,12H2,1H3,(H,20,21)/t23-/m0/s1. The van der Waals surface area contributed by atoms with E-state index >= 15 is 0 Å². The normalized spacial score (nSPS) is 12.0. The Morgan fingerprint density at radius 1 is 1.13 bits per heavy atom. The van der Waals surface area contributed by atoms with Crippen molar-refractivity contribution in [2.24, 2.45) is 0 Å². The van der Waals surface area contributed by atoms with Crippen molar-refractivity contribution in [3.05, 3.63) is 71.9 Å². The Bertz CT molecular complexity index is 888. The SMILES string of the molecule is C[S@](=O)Cc1cccc(C(=O)Nc2cccc3cccnc23)c1. The van der Waals surface area contributed by atoms with Crippen LogP contribution in [0.25, 0.3) is 10.9 Å². The Hall–Kier alpha value is -2.53. The molecule has 4 nitrogen and oxygen atoms in total. The van der Waals surface area contributed by atoms with Crippen molar-refractivity contribution in [3.8, 4) is 0 Å². The number of nitrogens with zero attached hydrogens (tertiary/aromatic N) is 1. The van der Waals surface area contributed by atoms with E-state index in [9.17, 15) is 9.00 Å². The van der Waals surface area contributed by atoms with Crippen molar-refractivity contribution in [3.63, 3.8) is 0 Å². The predicted octanol–water partition coefficient (Wildman–Crippen LogP) is 3.37. The lowest BCUT2D eigenvalue weighted by Crippen LogP contribution is -2.12. The fraction of sp³-hybridized carbons (Fsp3) is 0.111. The van der Waals surface area contributed by atoms with E-state index < -0.39 is 10.8 Å². The van der Waals surface area contributed by atoms with Gasteiger partial charge in [-0.05, 0) is 29.8 Å². The van der Waals surface area contributed by atoms with E-state index in [1.54, 1.807) is 30.7 Å². The van der Waals surface area contributed by atoms with Gasteiger partial charge < -0.3 is 5.32 Å². The number of benzene rings is 2. The van der Waals surface area contributed by atoms with Crippen LogP contribution in [0.4, 0.5) is 5.69 Å². The summed E-state index contributed by atoms with van der Waals surface area (Å²) in [7, 11) is -0.936. The van der Waals surface area contributed by atoms with Gasteiger partial charge in [-0.1, -0.05) is 30.3 Å². The van der Waals surface area contributed by atoms with Crippen LogP contribution in [0, 0.1) is 0 Å². The van der Waals surface area contributed by atoms with Gasteiger partial charge in [-0.2, -0.15) is 0 Å². The summed E-state index contributed by atoms with van der Waals surface area (Å²) in [6.45, 7) is 0. The molecular formula is C18H16N2O2S. The van der Waals surface area contributed by atoms with Gasteiger partial charge in [0.2, 0.25) is 0 Å². The number of hydrogen-bond acceptors (Lipinski definition) is 3. The van der Waals surface area contributed by atoms with Crippen LogP contribution >= 0.6 is 0 Å². The van der Waals surface area contributed by atoms with Crippen LogP contribution in [0.5, 0.6) is 0 Å². The maximum Gasteiger partial charge on any atom is 0.255 e. The van der Waals surface area contributed by atoms with E-state index in [0.717, 1.165) is 16.5 Å². The highest BCUT2D eigenvalue weighted by Crippen LogP contribution is 2.21. The molecule has 0 radical (unpaired) electrons. The number of amides is 1. The molecule has 0 bridgehead atoms. The van der Waals surface area contributed by atoms with Gasteiger partial charge in [0.15, 0.2) is 0 Å². The van der Waals surface area contributed by atoms with E-state index in [2.05, 4.69) is 10.3 Å². The van der Waals surface area contributed by atoms with Crippen LogP contribution < -0.4 is 5.32 Å². The average molecular weight is 324 g/mol. The molecule has 0 unspecified atom stereocenters. The number of carbonyl (C=O) groups is 1. The zero-order valence-electron chi connectivity index (χ0n) is 12.7. The Morgan fingerprint density at radius 2 is 1.91 bits per heavy atom. The molecule has 1 aromatic heterocycles. The van der Waals surface area contributed by atoms with Gasteiger partial charge in [0, 0.05) is 40.0 Å². The fourth-order valence-corrected chi connectivity index (χ4v) is 3.09. The average Bonchev–Trinajstić information content (AvgIpc) is 2.55. The second-order valence-electron chi connectivity index (χ2n) is 5.25. The topological polar surface area (TPSA) is 59.1 Å². The summed E-state index contributed by atoms with van der Waals surface area (Å²) in [5.74, 6) is 0.239. The monoisotopic (exact) mass is 324 g/mol. The summed E-state index contributed by atoms with van der Waals surface area (Å²) in [5.41, 5.74) is 2.86. The number of nitrogens with one attached hydrogen (secondary N) is 1. The number of fused-ring (bicyclic) bond motifs is 1. The van der Waals surface area contributed by atoms with E-state index in [0.29, 0.717) is 17.0 Å². The van der Waals surface area contributed by atoms with Crippen LogP contribution in [0.2, 0.25) is 0 Å². The van der Waals surface area contributed by atoms with E-state index in [1.807, 2.05) is 36.4 Å². The number of anilines is 1. The van der Waals surface area contributed by atoms with Crippen molar-refractivity contribution in [2.45, 2.75) is 5.75 Å². The molecule has 0 fully saturated rings. The molecule has 3 aromatic rings. The first-order chi connectivity index (χ1) is 11.1. The molecule has 1 amide bonds. The van der Waals surface area contributed by atoms with Gasteiger partial charge in [0.1, 0.15) is 0 Å². The van der Waals surface area contributed by atoms with E-state index in [1.165, 1.54) is 0 Å². The predicted molar refractivity (Wildman–Crippen MR) is 93.9 cm³/mol. The fourth-order valence-electron chi connectivity index (χ4n) is 2.44. The minimum Gasteiger partial charge on any atom is -0.320 e. The summed E-state index contributed by atoms with van der Waals surface area (Å²) in [6.07, 6.45) is 3.35. The highest BCUT2D eigenvalue weighted by atomic mass is 32.2. The van der Waals surface area contributed by atoms with Gasteiger partial charge >= 0.3 is 0 Å². The third kappa shape index (κ3) is 3.63. The molecule has 0 saturated heterocycles. The number of hydrogen-bond donors (Lipinski definition) is 1. The molecule has 0 aliphatic carbocycles. The molecule has 0 spiro atoms. The van der Waals surface area contributed by atoms with Gasteiger partial charge in [-0.3, -0.25) is 14.0 Å². The number of pyridine rings is 1. The number of aromatic nitrogens is 1. The summed E-state index contributed by atoms with van der Waals surface area (Å²) < 4.78 is 11.3. The third-order valence-corrected chi connectivity index (χ3v) is 4.18. The maximum atomic E-state index is 12.5. The first-order valence-corrected chi connectivity index (χ1v) is 8.90. The second kappa shape index (κ2) is 6.71. The van der Waals surface area contributed by atoms with Gasteiger partial charge in [0.25, 0.3) is 5.91 Å². The van der Waals surface area contributed by atoms with Crippen molar-refractivity contribution < 1.29 is 9.00 Å². The highest BCUT2D eigenvalue weighted by molar-refractivity contribution is 7.83. The zero-order chi connectivity index (χ0) is 16.2. The Kier molecular flexibility index (Phi) is 4.48. The molecule has 0 aliphatic rings. The molecular weight excluding hydrogens is 308 g/mol. The van der Waals surface area contributed by atoms with Crippen molar-refractivity contribution in [2.75, 3.05) is 11.6 Å². The molecule has 0 saturated carbocycles. The number of para-hydroxylation sites is 1. The van der Waals surface area contributed by atoms with Gasteiger partial charge in [-0.15, -0.1) is 0 Å². The van der Waals surface area contributed by atoms with Crippen LogP contribution in [0.15, 0.2) is 60.8 Å². The van der Waals surface area contributed by atoms with Crippen LogP contribution in [-0.4, -0.2) is 21.4 Å². The molecule has 1 N–H and O–H groups in total. The first-order valence-electron chi connectivity index (χ1n) is 7.17. The van der Waals surface area contributed by atoms with Gasteiger partial charge in [-0.25, -0.2) is 0 Å². The molecule has 23 heavy (non-hydrogen) atoms. The number of rotatable bonds is 4. The molecule has 116 valence electrons. The lowest BCUT2D eigenvalue weighted by Gasteiger charge is -2.09. The molecule has 0 aliphatic heterocycles. The maximum absolute atomic E-state index is 12.5. The van der Waals surface area contributed by atoms with Crippen LogP contribution in [0.3, 0.4) is 0 Å².